The van der Waals surface area contributed by atoms with Crippen molar-refractivity contribution in [1.82, 2.24) is 0 Å². The second-order valence-corrected chi connectivity index (χ2v) is 4.65. The van der Waals surface area contributed by atoms with E-state index < -0.39 is 29.2 Å². The molecule has 0 heterocycles. The van der Waals surface area contributed by atoms with Gasteiger partial charge in [-0.05, 0) is 0 Å². The van der Waals surface area contributed by atoms with Crippen molar-refractivity contribution < 1.29 is 20.4 Å². The first-order valence-corrected chi connectivity index (χ1v) is 4.33. The van der Waals surface area contributed by atoms with E-state index in [2.05, 4.69) is 16.0 Å². The molecule has 1 aliphatic rings. The monoisotopic (exact) mass is 228 g/mol. The fraction of sp³-hybridized carbons (Fsp3) is 1.00. The van der Waals surface area contributed by atoms with E-state index in [-0.39, 0.29) is 0 Å². The Bertz CT molecular complexity index is 148. The molecule has 0 aromatic heterocycles. The summed E-state index contributed by atoms with van der Waals surface area (Å²) >= 11 is 2.12. The molecule has 5 heteroatoms. The van der Waals surface area contributed by atoms with E-state index in [0.29, 0.717) is 6.42 Å². The van der Waals surface area contributed by atoms with Gasteiger partial charge in [-0.1, -0.05) is 0 Å². The van der Waals surface area contributed by atoms with E-state index in [0.717, 1.165) is 0 Å². The molecule has 0 amide bonds. The molecule has 66 valence electrons. The van der Waals surface area contributed by atoms with Crippen LogP contribution in [0.25, 0.3) is 0 Å². The van der Waals surface area contributed by atoms with Crippen LogP contribution in [0.3, 0.4) is 0 Å². The van der Waals surface area contributed by atoms with Crippen LogP contribution in [-0.4, -0.2) is 61.4 Å². The first-order valence-electron chi connectivity index (χ1n) is 3.40. The summed E-state index contributed by atoms with van der Waals surface area (Å²) in [6.07, 6.45) is -2.36. The number of rotatable bonds is 2. The molecule has 4 N–H and O–H groups in total. The first kappa shape index (κ1) is 9.45. The van der Waals surface area contributed by atoms with Crippen LogP contribution < -0.4 is 0 Å². The molecule has 0 unspecified atom stereocenters. The normalized spacial score (nSPS) is 46.6. The van der Waals surface area contributed by atoms with Gasteiger partial charge >= 0.3 is 72.1 Å². The standard InChI is InChI=1S/C6H12O4Se/c7-2-4(9)6(11)1-3(8)5(6)10/h3-5,7-11H,1-2H2/t3-,4-,5-,6-/m0/s1. The minimum atomic E-state index is -0.971. The van der Waals surface area contributed by atoms with Crippen molar-refractivity contribution in [2.45, 2.75) is 29.0 Å². The summed E-state index contributed by atoms with van der Waals surface area (Å²) in [6, 6.07) is 0. The third kappa shape index (κ3) is 1.33. The van der Waals surface area contributed by atoms with Crippen LogP contribution in [0, 0.1) is 0 Å². The van der Waals surface area contributed by atoms with Gasteiger partial charge in [-0.15, -0.1) is 0 Å². The molecule has 4 nitrogen and oxygen atoms in total. The maximum absolute atomic E-state index is 9.20. The Balaban J connectivity index is 2.56. The van der Waals surface area contributed by atoms with Crippen molar-refractivity contribution in [3.05, 3.63) is 0 Å². The summed E-state index contributed by atoms with van der Waals surface area (Å²) in [4.78, 5) is 0. The Hall–Kier alpha value is 0.359. The molecule has 0 aromatic carbocycles. The van der Waals surface area contributed by atoms with Crippen LogP contribution in [0.15, 0.2) is 0 Å². The average molecular weight is 227 g/mol. The molecular formula is C6H12O4Se. The van der Waals surface area contributed by atoms with Crippen molar-refractivity contribution in [1.29, 1.82) is 0 Å². The topological polar surface area (TPSA) is 80.9 Å². The van der Waals surface area contributed by atoms with Crippen LogP contribution in [0.2, 0.25) is 4.31 Å². The van der Waals surface area contributed by atoms with E-state index in [1.165, 1.54) is 0 Å². The first-order chi connectivity index (χ1) is 5.02. The zero-order valence-corrected chi connectivity index (χ0v) is 7.76. The van der Waals surface area contributed by atoms with Gasteiger partial charge in [0.25, 0.3) is 0 Å². The predicted octanol–water partition coefficient (Wildman–Crippen LogP) is -2.48. The van der Waals surface area contributed by atoms with Gasteiger partial charge in [0.1, 0.15) is 0 Å². The van der Waals surface area contributed by atoms with Crippen molar-refractivity contribution in [2.24, 2.45) is 0 Å². The van der Waals surface area contributed by atoms with Crippen LogP contribution in [0.1, 0.15) is 6.42 Å². The summed E-state index contributed by atoms with van der Waals surface area (Å²) in [6.45, 7) is -0.390. The van der Waals surface area contributed by atoms with Crippen molar-refractivity contribution in [3.63, 3.8) is 0 Å². The van der Waals surface area contributed by atoms with E-state index >= 15 is 0 Å². The number of aliphatic hydroxyl groups excluding tert-OH is 4. The number of hydrogen-bond acceptors (Lipinski definition) is 4. The van der Waals surface area contributed by atoms with Gasteiger partial charge in [0, 0.05) is 0 Å². The summed E-state index contributed by atoms with van der Waals surface area (Å²) in [5.41, 5.74) is 0. The molecule has 4 atom stereocenters. The third-order valence-electron chi connectivity index (χ3n) is 2.16. The summed E-state index contributed by atoms with van der Waals surface area (Å²) in [5, 5.41) is 35.9. The quantitative estimate of drug-likeness (QED) is 0.394. The SMILES string of the molecule is OC[C@H](O)[C@@]1([SeH])C[C@H](O)[C@@H]1O. The summed E-state index contributed by atoms with van der Waals surface area (Å²) < 4.78 is -0.791. The van der Waals surface area contributed by atoms with Gasteiger partial charge in [0.2, 0.25) is 0 Å². The van der Waals surface area contributed by atoms with Gasteiger partial charge in [-0.25, -0.2) is 0 Å². The Morgan fingerprint density at radius 1 is 1.55 bits per heavy atom. The summed E-state index contributed by atoms with van der Waals surface area (Å²) in [7, 11) is 0. The van der Waals surface area contributed by atoms with Gasteiger partial charge in [-0.2, -0.15) is 0 Å². The minimum absolute atomic E-state index is 0.315. The van der Waals surface area contributed by atoms with Gasteiger partial charge in [-0.3, -0.25) is 0 Å². The molecule has 0 spiro atoms. The third-order valence-corrected chi connectivity index (χ3v) is 3.73. The maximum atomic E-state index is 9.20. The molecule has 0 saturated heterocycles. The Kier molecular flexibility index (Phi) is 2.59. The molecule has 0 aromatic rings. The fourth-order valence-corrected chi connectivity index (χ4v) is 2.16. The molecule has 1 rings (SSSR count). The fourth-order valence-electron chi connectivity index (χ4n) is 1.23. The van der Waals surface area contributed by atoms with Crippen molar-refractivity contribution in [3.8, 4) is 0 Å². The molecule has 11 heavy (non-hydrogen) atoms. The van der Waals surface area contributed by atoms with E-state index in [1.807, 2.05) is 0 Å². The second-order valence-electron chi connectivity index (χ2n) is 2.91. The van der Waals surface area contributed by atoms with E-state index in [4.69, 9.17) is 10.2 Å². The summed E-state index contributed by atoms with van der Waals surface area (Å²) in [5.74, 6) is 0. The second kappa shape index (κ2) is 3.01. The molecule has 0 aliphatic heterocycles. The molecule has 0 radical (unpaired) electrons. The number of hydrogen-bond donors (Lipinski definition) is 4. The predicted molar refractivity (Wildman–Crippen MR) is 39.6 cm³/mol. The van der Waals surface area contributed by atoms with Crippen LogP contribution >= 0.6 is 0 Å². The molecular weight excluding hydrogens is 215 g/mol. The van der Waals surface area contributed by atoms with Crippen LogP contribution in [0.4, 0.5) is 0 Å². The zero-order valence-electron chi connectivity index (χ0n) is 5.88. The van der Waals surface area contributed by atoms with Crippen molar-refractivity contribution in [2.75, 3.05) is 6.61 Å². The average Bonchev–Trinajstić information content (AvgIpc) is 2.02. The van der Waals surface area contributed by atoms with Crippen LogP contribution in [-0.2, 0) is 0 Å². The van der Waals surface area contributed by atoms with Crippen molar-refractivity contribution >= 4 is 16.0 Å². The molecule has 1 aliphatic carbocycles. The molecule has 0 bridgehead atoms. The molecule has 1 fully saturated rings. The van der Waals surface area contributed by atoms with Gasteiger partial charge in [0.05, 0.1) is 0 Å². The Morgan fingerprint density at radius 3 is 2.36 bits per heavy atom. The molecule has 1 saturated carbocycles. The van der Waals surface area contributed by atoms with Gasteiger partial charge < -0.3 is 0 Å². The number of aliphatic hydroxyl groups is 4. The Morgan fingerprint density at radius 2 is 2.09 bits per heavy atom. The van der Waals surface area contributed by atoms with Gasteiger partial charge in [0.15, 0.2) is 0 Å². The van der Waals surface area contributed by atoms with E-state index in [1.54, 1.807) is 0 Å². The van der Waals surface area contributed by atoms with Crippen LogP contribution in [0.5, 0.6) is 0 Å². The zero-order chi connectivity index (χ0) is 8.65. The Labute approximate surface area is 72.7 Å². The van der Waals surface area contributed by atoms with E-state index in [9.17, 15) is 10.2 Å².